The van der Waals surface area contributed by atoms with Gasteiger partial charge in [-0.1, -0.05) is 49.0 Å². The van der Waals surface area contributed by atoms with Gasteiger partial charge in [0.2, 0.25) is 0 Å². The van der Waals surface area contributed by atoms with Crippen molar-refractivity contribution in [2.24, 2.45) is 10.9 Å². The Kier molecular flexibility index (Phi) is 7.49. The van der Waals surface area contributed by atoms with Gasteiger partial charge in [-0.2, -0.15) is 0 Å². The van der Waals surface area contributed by atoms with Crippen molar-refractivity contribution < 1.29 is 9.53 Å². The molecule has 1 fully saturated rings. The van der Waals surface area contributed by atoms with Crippen LogP contribution in [0.25, 0.3) is 6.08 Å². The minimum absolute atomic E-state index is 0.0785. The highest BCUT2D eigenvalue weighted by Gasteiger charge is 2.33. The summed E-state index contributed by atoms with van der Waals surface area (Å²) < 4.78 is 5.39. The molecule has 0 saturated carbocycles. The van der Waals surface area contributed by atoms with Crippen molar-refractivity contribution in [2.45, 2.75) is 13.8 Å². The summed E-state index contributed by atoms with van der Waals surface area (Å²) in [5.41, 5.74) is 1.53. The normalized spacial score (nSPS) is 16.5. The fourth-order valence-corrected chi connectivity index (χ4v) is 4.12. The van der Waals surface area contributed by atoms with Gasteiger partial charge in [0.25, 0.3) is 5.91 Å². The quantitative estimate of drug-likeness (QED) is 0.378. The van der Waals surface area contributed by atoms with Crippen LogP contribution < -0.4 is 4.74 Å². The summed E-state index contributed by atoms with van der Waals surface area (Å²) in [6, 6.07) is 12.5. The molecular formula is C23H20Cl2N2O2S. The lowest BCUT2D eigenvalue weighted by molar-refractivity contribution is -0.122. The second-order valence-corrected chi connectivity index (χ2v) is 8.83. The van der Waals surface area contributed by atoms with E-state index in [4.69, 9.17) is 34.4 Å². The van der Waals surface area contributed by atoms with Gasteiger partial charge in [-0.15, -0.1) is 6.42 Å². The number of hydrogen-bond acceptors (Lipinski definition) is 4. The van der Waals surface area contributed by atoms with Crippen molar-refractivity contribution in [3.05, 3.63) is 63.0 Å². The lowest BCUT2D eigenvalue weighted by atomic mass is 10.2. The second kappa shape index (κ2) is 10.1. The summed E-state index contributed by atoms with van der Waals surface area (Å²) >= 11 is 13.6. The van der Waals surface area contributed by atoms with Crippen LogP contribution in [-0.4, -0.2) is 29.1 Å². The Labute approximate surface area is 190 Å². The number of nitrogens with zero attached hydrogens (tertiary/aromatic N) is 2. The minimum Gasteiger partial charge on any atom is -0.479 e. The lowest BCUT2D eigenvalue weighted by Crippen LogP contribution is -2.32. The van der Waals surface area contributed by atoms with Crippen molar-refractivity contribution in [1.29, 1.82) is 0 Å². The van der Waals surface area contributed by atoms with E-state index >= 15 is 0 Å². The van der Waals surface area contributed by atoms with Gasteiger partial charge in [0.15, 0.2) is 5.17 Å². The maximum Gasteiger partial charge on any atom is 0.266 e. The zero-order valence-corrected chi connectivity index (χ0v) is 18.9. The van der Waals surface area contributed by atoms with Gasteiger partial charge in [0.05, 0.1) is 15.6 Å². The summed E-state index contributed by atoms with van der Waals surface area (Å²) in [5, 5.41) is 1.71. The van der Waals surface area contributed by atoms with Crippen LogP contribution in [0.4, 0.5) is 5.69 Å². The summed E-state index contributed by atoms with van der Waals surface area (Å²) in [4.78, 5) is 20.0. The maximum atomic E-state index is 13.0. The molecule has 0 spiro atoms. The molecule has 0 atom stereocenters. The van der Waals surface area contributed by atoms with E-state index in [0.717, 1.165) is 11.3 Å². The second-order valence-electron chi connectivity index (χ2n) is 6.97. The van der Waals surface area contributed by atoms with Crippen LogP contribution in [0, 0.1) is 18.3 Å². The molecule has 154 valence electrons. The molecule has 1 amide bonds. The third-order valence-electron chi connectivity index (χ3n) is 4.05. The largest absolute Gasteiger partial charge is 0.479 e. The summed E-state index contributed by atoms with van der Waals surface area (Å²) in [6.07, 6.45) is 7.02. The summed E-state index contributed by atoms with van der Waals surface area (Å²) in [6.45, 7) is 4.85. The molecule has 0 N–H and O–H groups in total. The van der Waals surface area contributed by atoms with Crippen LogP contribution in [0.15, 0.2) is 52.4 Å². The molecule has 2 aromatic carbocycles. The van der Waals surface area contributed by atoms with E-state index in [1.807, 2.05) is 24.3 Å². The minimum atomic E-state index is -0.0785. The fraction of sp³-hybridized carbons (Fsp3) is 0.217. The number of rotatable bonds is 6. The molecule has 0 aromatic heterocycles. The average Bonchev–Trinajstić information content (AvgIpc) is 2.97. The number of amides is 1. The van der Waals surface area contributed by atoms with Crippen LogP contribution in [-0.2, 0) is 4.79 Å². The number of halogens is 2. The van der Waals surface area contributed by atoms with Gasteiger partial charge < -0.3 is 4.74 Å². The van der Waals surface area contributed by atoms with Crippen molar-refractivity contribution >= 4 is 57.8 Å². The highest BCUT2D eigenvalue weighted by atomic mass is 35.5. The highest BCUT2D eigenvalue weighted by molar-refractivity contribution is 8.18. The Balaban J connectivity index is 1.90. The molecule has 1 aliphatic heterocycles. The number of thioether (sulfide) groups is 1. The topological polar surface area (TPSA) is 41.9 Å². The van der Waals surface area contributed by atoms with Crippen LogP contribution >= 0.6 is 35.0 Å². The summed E-state index contributed by atoms with van der Waals surface area (Å²) in [5.74, 6) is 3.13. The standard InChI is InChI=1S/C23H20Cl2N2O2S/c1-4-11-29-20-10-5-16(12-19(20)25)13-21-22(28)27(14-15(2)3)23(30-21)26-18-8-6-17(24)7-9-18/h1,5-10,12-13,15H,11,14H2,2-3H3/b21-13-,26-23?. The predicted octanol–water partition coefficient (Wildman–Crippen LogP) is 6.27. The Bertz CT molecular complexity index is 1040. The van der Waals surface area contributed by atoms with Crippen molar-refractivity contribution in [2.75, 3.05) is 13.2 Å². The van der Waals surface area contributed by atoms with Crippen molar-refractivity contribution in [3.63, 3.8) is 0 Å². The summed E-state index contributed by atoms with van der Waals surface area (Å²) in [7, 11) is 0. The average molecular weight is 459 g/mol. The van der Waals surface area contributed by atoms with E-state index in [0.29, 0.717) is 38.3 Å². The molecule has 1 aliphatic rings. The smallest absolute Gasteiger partial charge is 0.266 e. The molecule has 1 heterocycles. The number of terminal acetylenes is 1. The SMILES string of the molecule is C#CCOc1ccc(/C=C2\SC(=Nc3ccc(Cl)cc3)N(CC(C)C)C2=O)cc1Cl. The number of amidine groups is 1. The molecular weight excluding hydrogens is 439 g/mol. The molecule has 2 aromatic rings. The van der Waals surface area contributed by atoms with E-state index < -0.39 is 0 Å². The Hall–Kier alpha value is -2.39. The molecule has 0 radical (unpaired) electrons. The lowest BCUT2D eigenvalue weighted by Gasteiger charge is -2.17. The molecule has 4 nitrogen and oxygen atoms in total. The van der Waals surface area contributed by atoms with Crippen LogP contribution in [0.3, 0.4) is 0 Å². The first-order valence-corrected chi connectivity index (χ1v) is 10.9. The van der Waals surface area contributed by atoms with Crippen molar-refractivity contribution in [1.82, 2.24) is 4.90 Å². The Morgan fingerprint density at radius 3 is 2.60 bits per heavy atom. The number of hydrogen-bond donors (Lipinski definition) is 0. The number of carbonyl (C=O) groups excluding carboxylic acids is 1. The van der Waals surface area contributed by atoms with Crippen LogP contribution in [0.5, 0.6) is 5.75 Å². The molecule has 7 heteroatoms. The first kappa shape index (κ1) is 22.3. The van der Waals surface area contributed by atoms with Gasteiger partial charge in [0.1, 0.15) is 12.4 Å². The van der Waals surface area contributed by atoms with E-state index in [1.54, 1.807) is 29.2 Å². The van der Waals surface area contributed by atoms with Crippen LogP contribution in [0.2, 0.25) is 10.0 Å². The number of ether oxygens (including phenoxy) is 1. The molecule has 0 bridgehead atoms. The molecule has 0 aliphatic carbocycles. The first-order valence-electron chi connectivity index (χ1n) is 9.29. The van der Waals surface area contributed by atoms with Gasteiger partial charge in [0, 0.05) is 11.6 Å². The van der Waals surface area contributed by atoms with Gasteiger partial charge >= 0.3 is 0 Å². The zero-order chi connectivity index (χ0) is 21.7. The van der Waals surface area contributed by atoms with E-state index in [9.17, 15) is 4.79 Å². The van der Waals surface area contributed by atoms with Crippen LogP contribution in [0.1, 0.15) is 19.4 Å². The number of aliphatic imine (C=N–C) groups is 1. The first-order chi connectivity index (χ1) is 14.4. The monoisotopic (exact) mass is 458 g/mol. The molecule has 3 rings (SSSR count). The van der Waals surface area contributed by atoms with E-state index in [2.05, 4.69) is 24.8 Å². The van der Waals surface area contributed by atoms with E-state index in [-0.39, 0.29) is 12.5 Å². The van der Waals surface area contributed by atoms with Crippen molar-refractivity contribution in [3.8, 4) is 18.1 Å². The van der Waals surface area contributed by atoms with Gasteiger partial charge in [-0.3, -0.25) is 9.69 Å². The Morgan fingerprint density at radius 1 is 1.23 bits per heavy atom. The number of carbonyl (C=O) groups is 1. The zero-order valence-electron chi connectivity index (χ0n) is 16.6. The highest BCUT2D eigenvalue weighted by Crippen LogP contribution is 2.36. The van der Waals surface area contributed by atoms with Gasteiger partial charge in [-0.05, 0) is 65.7 Å². The molecule has 30 heavy (non-hydrogen) atoms. The van der Waals surface area contributed by atoms with E-state index in [1.165, 1.54) is 11.8 Å². The van der Waals surface area contributed by atoms with Gasteiger partial charge in [-0.25, -0.2) is 4.99 Å². The molecule has 0 unspecified atom stereocenters. The third kappa shape index (κ3) is 5.60. The maximum absolute atomic E-state index is 13.0. The Morgan fingerprint density at radius 2 is 1.97 bits per heavy atom. The molecule has 1 saturated heterocycles. The fourth-order valence-electron chi connectivity index (χ4n) is 2.74. The predicted molar refractivity (Wildman–Crippen MR) is 126 cm³/mol. The third-order valence-corrected chi connectivity index (χ3v) is 5.61. The number of benzene rings is 2.